The van der Waals surface area contributed by atoms with Gasteiger partial charge in [0.05, 0.1) is 0 Å². The van der Waals surface area contributed by atoms with Crippen molar-refractivity contribution in [2.24, 2.45) is 0 Å². The van der Waals surface area contributed by atoms with Crippen LogP contribution < -0.4 is 11.1 Å². The molecule has 0 fully saturated rings. The molecule has 0 unspecified atom stereocenters. The van der Waals surface area contributed by atoms with E-state index in [1.807, 2.05) is 42.5 Å². The third kappa shape index (κ3) is 3.98. The second-order valence-corrected chi connectivity index (χ2v) is 5.44. The Morgan fingerprint density at radius 1 is 0.826 bits per heavy atom. The highest BCUT2D eigenvalue weighted by molar-refractivity contribution is 6.04. The van der Waals surface area contributed by atoms with Gasteiger partial charge in [0, 0.05) is 16.9 Å². The van der Waals surface area contributed by atoms with Gasteiger partial charge in [-0.2, -0.15) is 0 Å². The molecule has 0 aliphatic carbocycles. The van der Waals surface area contributed by atoms with E-state index in [2.05, 4.69) is 17.4 Å². The van der Waals surface area contributed by atoms with E-state index < -0.39 is 0 Å². The summed E-state index contributed by atoms with van der Waals surface area (Å²) in [6.45, 7) is 0. The minimum atomic E-state index is -0.159. The Hall–Kier alpha value is -3.07. The maximum atomic E-state index is 12.2. The first-order chi connectivity index (χ1) is 11.2. The third-order valence-corrected chi connectivity index (χ3v) is 3.61. The number of carbonyl (C=O) groups excluding carboxylic acids is 1. The van der Waals surface area contributed by atoms with Gasteiger partial charge >= 0.3 is 0 Å². The highest BCUT2D eigenvalue weighted by Gasteiger charge is 2.06. The van der Waals surface area contributed by atoms with Crippen LogP contribution in [0.2, 0.25) is 0 Å². The van der Waals surface area contributed by atoms with Crippen molar-refractivity contribution < 1.29 is 4.79 Å². The van der Waals surface area contributed by atoms with Crippen molar-refractivity contribution in [1.29, 1.82) is 0 Å². The molecule has 0 saturated carbocycles. The van der Waals surface area contributed by atoms with Crippen molar-refractivity contribution >= 4 is 17.3 Å². The van der Waals surface area contributed by atoms with Crippen molar-refractivity contribution in [2.45, 2.75) is 6.42 Å². The third-order valence-electron chi connectivity index (χ3n) is 3.61. The van der Waals surface area contributed by atoms with Gasteiger partial charge in [0.25, 0.3) is 5.91 Å². The number of nitrogens with two attached hydrogens (primary N) is 1. The van der Waals surface area contributed by atoms with Crippen LogP contribution in [0.3, 0.4) is 0 Å². The fraction of sp³-hybridized carbons (Fsp3) is 0.0500. The molecule has 3 aromatic carbocycles. The number of nitrogen functional groups attached to an aromatic ring is 1. The molecule has 3 N–H and O–H groups in total. The van der Waals surface area contributed by atoms with E-state index in [1.165, 1.54) is 11.1 Å². The zero-order valence-electron chi connectivity index (χ0n) is 12.7. The molecule has 0 aromatic heterocycles. The summed E-state index contributed by atoms with van der Waals surface area (Å²) in [5, 5.41) is 2.88. The van der Waals surface area contributed by atoms with Crippen LogP contribution in [0.15, 0.2) is 78.9 Å². The Morgan fingerprint density at radius 2 is 1.52 bits per heavy atom. The van der Waals surface area contributed by atoms with Crippen LogP contribution in [0.5, 0.6) is 0 Å². The zero-order chi connectivity index (χ0) is 16.1. The lowest BCUT2D eigenvalue weighted by Crippen LogP contribution is -2.12. The van der Waals surface area contributed by atoms with E-state index in [-0.39, 0.29) is 5.91 Å². The van der Waals surface area contributed by atoms with Crippen LogP contribution in [0.4, 0.5) is 11.4 Å². The molecule has 0 heterocycles. The monoisotopic (exact) mass is 302 g/mol. The first kappa shape index (κ1) is 14.9. The van der Waals surface area contributed by atoms with Gasteiger partial charge in [-0.3, -0.25) is 4.79 Å². The molecule has 0 spiro atoms. The molecule has 0 aliphatic heterocycles. The number of carbonyl (C=O) groups is 1. The molecule has 23 heavy (non-hydrogen) atoms. The van der Waals surface area contributed by atoms with Gasteiger partial charge in [0.1, 0.15) is 0 Å². The molecule has 3 aromatic rings. The van der Waals surface area contributed by atoms with Crippen LogP contribution in [-0.4, -0.2) is 5.91 Å². The SMILES string of the molecule is Nc1cccc(C(=O)Nc2ccc(Cc3ccccc3)cc2)c1. The zero-order valence-corrected chi connectivity index (χ0v) is 12.7. The lowest BCUT2D eigenvalue weighted by atomic mass is 10.0. The van der Waals surface area contributed by atoms with E-state index in [1.54, 1.807) is 24.3 Å². The van der Waals surface area contributed by atoms with E-state index in [9.17, 15) is 4.79 Å². The minimum Gasteiger partial charge on any atom is -0.399 e. The fourth-order valence-electron chi connectivity index (χ4n) is 2.42. The van der Waals surface area contributed by atoms with Crippen LogP contribution in [0.1, 0.15) is 21.5 Å². The summed E-state index contributed by atoms with van der Waals surface area (Å²) in [7, 11) is 0. The molecule has 0 aliphatic rings. The first-order valence-electron chi connectivity index (χ1n) is 7.50. The highest BCUT2D eigenvalue weighted by atomic mass is 16.1. The summed E-state index contributed by atoms with van der Waals surface area (Å²) in [5.74, 6) is -0.159. The van der Waals surface area contributed by atoms with E-state index in [4.69, 9.17) is 5.73 Å². The normalized spacial score (nSPS) is 10.3. The van der Waals surface area contributed by atoms with Crippen molar-refractivity contribution in [3.05, 3.63) is 95.6 Å². The van der Waals surface area contributed by atoms with Gasteiger partial charge in [-0.1, -0.05) is 48.5 Å². The predicted octanol–water partition coefficient (Wildman–Crippen LogP) is 4.11. The first-order valence-corrected chi connectivity index (χ1v) is 7.50. The average Bonchev–Trinajstić information content (AvgIpc) is 2.57. The van der Waals surface area contributed by atoms with Crippen molar-refractivity contribution in [3.8, 4) is 0 Å². The van der Waals surface area contributed by atoms with Gasteiger partial charge in [-0.25, -0.2) is 0 Å². The summed E-state index contributed by atoms with van der Waals surface area (Å²) in [6.07, 6.45) is 0.879. The van der Waals surface area contributed by atoms with E-state index >= 15 is 0 Å². The van der Waals surface area contributed by atoms with Gasteiger partial charge in [-0.05, 0) is 47.9 Å². The number of nitrogens with one attached hydrogen (secondary N) is 1. The summed E-state index contributed by atoms with van der Waals surface area (Å²) in [4.78, 5) is 12.2. The summed E-state index contributed by atoms with van der Waals surface area (Å²) >= 11 is 0. The standard InChI is InChI=1S/C20H18N2O/c21-18-8-4-7-17(14-18)20(23)22-19-11-9-16(10-12-19)13-15-5-2-1-3-6-15/h1-12,14H,13,21H2,(H,22,23). The Labute approximate surface area is 135 Å². The van der Waals surface area contributed by atoms with Crippen molar-refractivity contribution in [3.63, 3.8) is 0 Å². The van der Waals surface area contributed by atoms with Gasteiger partial charge in [-0.15, -0.1) is 0 Å². The van der Waals surface area contributed by atoms with Gasteiger partial charge < -0.3 is 11.1 Å². The summed E-state index contributed by atoms with van der Waals surface area (Å²) in [5.41, 5.74) is 10.1. The van der Waals surface area contributed by atoms with Crippen LogP contribution in [0, 0.1) is 0 Å². The van der Waals surface area contributed by atoms with E-state index in [0.29, 0.717) is 11.3 Å². The molecule has 0 atom stereocenters. The van der Waals surface area contributed by atoms with Crippen LogP contribution in [-0.2, 0) is 6.42 Å². The maximum absolute atomic E-state index is 12.2. The molecule has 1 amide bonds. The Kier molecular flexibility index (Phi) is 4.39. The number of benzene rings is 3. The highest BCUT2D eigenvalue weighted by Crippen LogP contribution is 2.15. The second-order valence-electron chi connectivity index (χ2n) is 5.44. The van der Waals surface area contributed by atoms with Crippen LogP contribution in [0.25, 0.3) is 0 Å². The molecular weight excluding hydrogens is 284 g/mol. The lowest BCUT2D eigenvalue weighted by Gasteiger charge is -2.07. The van der Waals surface area contributed by atoms with E-state index in [0.717, 1.165) is 12.1 Å². The molecule has 3 nitrogen and oxygen atoms in total. The Morgan fingerprint density at radius 3 is 2.22 bits per heavy atom. The molecule has 0 bridgehead atoms. The fourth-order valence-corrected chi connectivity index (χ4v) is 2.42. The Bertz CT molecular complexity index is 795. The molecule has 0 saturated heterocycles. The van der Waals surface area contributed by atoms with Crippen molar-refractivity contribution in [1.82, 2.24) is 0 Å². The lowest BCUT2D eigenvalue weighted by molar-refractivity contribution is 0.102. The molecule has 3 heteroatoms. The Balaban J connectivity index is 1.67. The largest absolute Gasteiger partial charge is 0.399 e. The molecule has 3 rings (SSSR count). The van der Waals surface area contributed by atoms with Gasteiger partial charge in [0.2, 0.25) is 0 Å². The molecular formula is C20H18N2O. The smallest absolute Gasteiger partial charge is 0.255 e. The molecule has 0 radical (unpaired) electrons. The van der Waals surface area contributed by atoms with Gasteiger partial charge in [0.15, 0.2) is 0 Å². The minimum absolute atomic E-state index is 0.159. The average molecular weight is 302 g/mol. The quantitative estimate of drug-likeness (QED) is 0.713. The van der Waals surface area contributed by atoms with Crippen LogP contribution >= 0.6 is 0 Å². The summed E-state index contributed by atoms with van der Waals surface area (Å²) in [6, 6.07) is 25.1. The number of amides is 1. The molecule has 114 valence electrons. The summed E-state index contributed by atoms with van der Waals surface area (Å²) < 4.78 is 0. The second kappa shape index (κ2) is 6.79. The predicted molar refractivity (Wildman–Crippen MR) is 94.5 cm³/mol. The number of hydrogen-bond donors (Lipinski definition) is 2. The number of anilines is 2. The maximum Gasteiger partial charge on any atom is 0.255 e. The number of hydrogen-bond acceptors (Lipinski definition) is 2. The topological polar surface area (TPSA) is 55.1 Å². The van der Waals surface area contributed by atoms with Crippen molar-refractivity contribution in [2.75, 3.05) is 11.1 Å². The number of rotatable bonds is 4.